The fourth-order valence-electron chi connectivity index (χ4n) is 2.61. The Morgan fingerprint density at radius 1 is 1.07 bits per heavy atom. The van der Waals surface area contributed by atoms with Crippen molar-refractivity contribution in [3.05, 3.63) is 76.4 Å². The van der Waals surface area contributed by atoms with Crippen LogP contribution in [0.1, 0.15) is 21.8 Å². The second-order valence-corrected chi connectivity index (χ2v) is 7.32. The fourth-order valence-corrected chi connectivity index (χ4v) is 3.33. The number of nitrogens with zero attached hydrogens (tertiary/aromatic N) is 4. The van der Waals surface area contributed by atoms with Crippen molar-refractivity contribution in [3.63, 3.8) is 0 Å². The van der Waals surface area contributed by atoms with Gasteiger partial charge in [-0.05, 0) is 24.3 Å². The Morgan fingerprint density at radius 3 is 2.45 bits per heavy atom. The minimum atomic E-state index is -2.75. The lowest BCUT2D eigenvalue weighted by molar-refractivity contribution is 0.102. The average Bonchev–Trinajstić information content (AvgIpc) is 3.37. The Kier molecular flexibility index (Phi) is 5.32. The summed E-state index contributed by atoms with van der Waals surface area (Å²) in [6.07, 6.45) is -1.17. The van der Waals surface area contributed by atoms with Gasteiger partial charge in [-0.2, -0.15) is 5.10 Å². The van der Waals surface area contributed by atoms with Gasteiger partial charge in [-0.1, -0.05) is 53.3 Å². The van der Waals surface area contributed by atoms with Gasteiger partial charge in [0.25, 0.3) is 12.3 Å². The summed E-state index contributed by atoms with van der Waals surface area (Å²) < 4.78 is 27.0. The molecular formula is C19H12ClF2N5OS. The smallest absolute Gasteiger partial charge is 0.291 e. The molecule has 29 heavy (non-hydrogen) atoms. The van der Waals surface area contributed by atoms with Crippen molar-refractivity contribution in [1.29, 1.82) is 0 Å². The van der Waals surface area contributed by atoms with Crippen molar-refractivity contribution < 1.29 is 13.6 Å². The third-order valence-corrected chi connectivity index (χ3v) is 5.04. The zero-order chi connectivity index (χ0) is 20.4. The van der Waals surface area contributed by atoms with Crippen LogP contribution in [0.5, 0.6) is 0 Å². The van der Waals surface area contributed by atoms with Crippen LogP contribution in [0.2, 0.25) is 5.02 Å². The summed E-state index contributed by atoms with van der Waals surface area (Å²) in [5.41, 5.74) is 2.11. The van der Waals surface area contributed by atoms with Gasteiger partial charge in [0.2, 0.25) is 5.13 Å². The molecule has 2 heterocycles. The highest BCUT2D eigenvalue weighted by Crippen LogP contribution is 2.28. The van der Waals surface area contributed by atoms with Crippen LogP contribution in [-0.2, 0) is 0 Å². The molecule has 0 atom stereocenters. The van der Waals surface area contributed by atoms with E-state index in [1.807, 2.05) is 30.3 Å². The van der Waals surface area contributed by atoms with Crippen LogP contribution < -0.4 is 5.32 Å². The third-order valence-electron chi connectivity index (χ3n) is 3.95. The molecule has 0 unspecified atom stereocenters. The van der Waals surface area contributed by atoms with E-state index in [9.17, 15) is 13.6 Å². The molecule has 146 valence electrons. The van der Waals surface area contributed by atoms with E-state index in [2.05, 4.69) is 20.6 Å². The average molecular weight is 432 g/mol. The summed E-state index contributed by atoms with van der Waals surface area (Å²) in [6, 6.07) is 16.2. The molecule has 0 fully saturated rings. The summed E-state index contributed by atoms with van der Waals surface area (Å²) in [5, 5.41) is 14.1. The Hall–Kier alpha value is -3.17. The van der Waals surface area contributed by atoms with Crippen LogP contribution >= 0.6 is 22.9 Å². The van der Waals surface area contributed by atoms with Crippen molar-refractivity contribution in [2.75, 3.05) is 5.32 Å². The minimum Gasteiger partial charge on any atom is -0.296 e. The van der Waals surface area contributed by atoms with Crippen molar-refractivity contribution in [2.45, 2.75) is 6.43 Å². The van der Waals surface area contributed by atoms with Gasteiger partial charge in [-0.25, -0.2) is 13.5 Å². The summed E-state index contributed by atoms with van der Waals surface area (Å²) in [6.45, 7) is 0. The number of carbonyl (C=O) groups excluding carboxylic acids is 1. The molecule has 2 aromatic carbocycles. The summed E-state index contributed by atoms with van der Waals surface area (Å²) in [4.78, 5) is 12.9. The number of alkyl halides is 2. The van der Waals surface area contributed by atoms with Crippen LogP contribution in [0, 0.1) is 0 Å². The van der Waals surface area contributed by atoms with E-state index in [1.165, 1.54) is 0 Å². The number of aromatic nitrogens is 4. The number of hydrogen-bond acceptors (Lipinski definition) is 5. The molecule has 0 aliphatic rings. The highest BCUT2D eigenvalue weighted by molar-refractivity contribution is 7.15. The number of nitrogens with one attached hydrogen (secondary N) is 1. The van der Waals surface area contributed by atoms with Gasteiger partial charge in [-0.3, -0.25) is 10.1 Å². The van der Waals surface area contributed by atoms with E-state index < -0.39 is 17.3 Å². The Labute approximate surface area is 172 Å². The van der Waals surface area contributed by atoms with E-state index in [4.69, 9.17) is 11.6 Å². The van der Waals surface area contributed by atoms with Gasteiger partial charge in [0.1, 0.15) is 5.69 Å². The SMILES string of the molecule is O=C(Nc1nnc(C(F)F)s1)c1cn(-c2ccccc2)nc1-c1ccc(Cl)cc1. The lowest BCUT2D eigenvalue weighted by Gasteiger charge is -2.02. The number of amides is 1. The normalized spacial score (nSPS) is 11.0. The standard InChI is InChI=1S/C19H12ClF2N5OS/c20-12-8-6-11(7-9-12)15-14(10-27(26-15)13-4-2-1-3-5-13)17(28)23-19-25-24-18(29-19)16(21)22/h1-10,16H,(H,23,25,28). The van der Waals surface area contributed by atoms with E-state index in [-0.39, 0.29) is 10.7 Å². The first-order valence-corrected chi connectivity index (χ1v) is 9.54. The molecule has 6 nitrogen and oxygen atoms in total. The molecule has 0 radical (unpaired) electrons. The monoisotopic (exact) mass is 431 g/mol. The molecule has 0 spiro atoms. The molecule has 0 aliphatic carbocycles. The lowest BCUT2D eigenvalue weighted by Crippen LogP contribution is -2.12. The van der Waals surface area contributed by atoms with Gasteiger partial charge in [0, 0.05) is 16.8 Å². The first-order chi connectivity index (χ1) is 14.0. The van der Waals surface area contributed by atoms with Gasteiger partial charge in [0.05, 0.1) is 11.3 Å². The number of para-hydroxylation sites is 1. The number of halogens is 3. The molecular weight excluding hydrogens is 420 g/mol. The first-order valence-electron chi connectivity index (χ1n) is 8.35. The van der Waals surface area contributed by atoms with E-state index in [1.54, 1.807) is 35.1 Å². The Morgan fingerprint density at radius 2 is 1.79 bits per heavy atom. The largest absolute Gasteiger partial charge is 0.296 e. The molecule has 10 heteroatoms. The highest BCUT2D eigenvalue weighted by atomic mass is 35.5. The third kappa shape index (κ3) is 4.15. The van der Waals surface area contributed by atoms with Gasteiger partial charge < -0.3 is 0 Å². The maximum atomic E-state index is 12.9. The van der Waals surface area contributed by atoms with Crippen LogP contribution in [-0.4, -0.2) is 25.9 Å². The maximum Gasteiger partial charge on any atom is 0.291 e. The summed E-state index contributed by atoms with van der Waals surface area (Å²) in [7, 11) is 0. The molecule has 0 saturated carbocycles. The molecule has 2 aromatic heterocycles. The number of benzene rings is 2. The van der Waals surface area contributed by atoms with Crippen molar-refractivity contribution >= 4 is 34.0 Å². The zero-order valence-electron chi connectivity index (χ0n) is 14.6. The van der Waals surface area contributed by atoms with Crippen molar-refractivity contribution in [2.24, 2.45) is 0 Å². The summed E-state index contributed by atoms with van der Waals surface area (Å²) >= 11 is 6.58. The number of carbonyl (C=O) groups is 1. The van der Waals surface area contributed by atoms with Gasteiger partial charge in [-0.15, -0.1) is 10.2 Å². The van der Waals surface area contributed by atoms with Gasteiger partial charge in [0.15, 0.2) is 5.01 Å². The second-order valence-electron chi connectivity index (χ2n) is 5.88. The van der Waals surface area contributed by atoms with Crippen molar-refractivity contribution in [3.8, 4) is 16.9 Å². The van der Waals surface area contributed by atoms with Crippen LogP contribution in [0.15, 0.2) is 60.8 Å². The van der Waals surface area contributed by atoms with E-state index in [0.29, 0.717) is 27.6 Å². The Bertz CT molecular complexity index is 1150. The molecule has 0 saturated heterocycles. The molecule has 1 amide bonds. The molecule has 0 aliphatic heterocycles. The van der Waals surface area contributed by atoms with Crippen LogP contribution in [0.25, 0.3) is 16.9 Å². The number of anilines is 1. The lowest BCUT2D eigenvalue weighted by atomic mass is 10.1. The molecule has 1 N–H and O–H groups in total. The minimum absolute atomic E-state index is 0.0141. The quantitative estimate of drug-likeness (QED) is 0.469. The summed E-state index contributed by atoms with van der Waals surface area (Å²) in [5.74, 6) is -0.533. The van der Waals surface area contributed by atoms with Crippen LogP contribution in [0.4, 0.5) is 13.9 Å². The zero-order valence-corrected chi connectivity index (χ0v) is 16.2. The Balaban J connectivity index is 1.72. The predicted octanol–water partition coefficient (Wildman–Crippen LogP) is 5.23. The fraction of sp³-hybridized carbons (Fsp3) is 0.0526. The second kappa shape index (κ2) is 8.06. The van der Waals surface area contributed by atoms with Gasteiger partial charge >= 0.3 is 0 Å². The first kappa shape index (κ1) is 19.2. The molecule has 4 rings (SSSR count). The highest BCUT2D eigenvalue weighted by Gasteiger charge is 2.21. The topological polar surface area (TPSA) is 72.7 Å². The maximum absolute atomic E-state index is 12.9. The van der Waals surface area contributed by atoms with Crippen LogP contribution in [0.3, 0.4) is 0 Å². The molecule has 4 aromatic rings. The molecule has 0 bridgehead atoms. The number of hydrogen-bond donors (Lipinski definition) is 1. The van der Waals surface area contributed by atoms with E-state index in [0.717, 1.165) is 5.69 Å². The van der Waals surface area contributed by atoms with Crippen molar-refractivity contribution in [1.82, 2.24) is 20.0 Å². The predicted molar refractivity (Wildman–Crippen MR) is 107 cm³/mol. The number of rotatable bonds is 5. The van der Waals surface area contributed by atoms with E-state index >= 15 is 0 Å².